The first-order valence-corrected chi connectivity index (χ1v) is 8.07. The Hall–Kier alpha value is -2.64. The van der Waals surface area contributed by atoms with E-state index in [-0.39, 0.29) is 11.8 Å². The lowest BCUT2D eigenvalue weighted by Gasteiger charge is -2.20. The van der Waals surface area contributed by atoms with Crippen LogP contribution in [-0.4, -0.2) is 46.8 Å². The molecular weight excluding hydrogens is 313 g/mol. The van der Waals surface area contributed by atoms with Crippen LogP contribution in [-0.2, 0) is 11.3 Å². The van der Waals surface area contributed by atoms with E-state index in [1.807, 2.05) is 6.07 Å². The Morgan fingerprint density at radius 3 is 2.83 bits per heavy atom. The van der Waals surface area contributed by atoms with Crippen LogP contribution in [0.3, 0.4) is 0 Å². The summed E-state index contributed by atoms with van der Waals surface area (Å²) in [6.45, 7) is 2.59. The number of benzene rings is 1. The highest BCUT2D eigenvalue weighted by atomic mass is 19.1. The van der Waals surface area contributed by atoms with Gasteiger partial charge in [-0.15, -0.1) is 5.10 Å². The SMILES string of the molecule is O=C1O[C@@H](Cn2ccnn2)CN1c1ccc(N2CCCC2)cc1F. The third-order valence-electron chi connectivity index (χ3n) is 4.43. The van der Waals surface area contributed by atoms with Crippen molar-refractivity contribution >= 4 is 17.5 Å². The number of ether oxygens (including phenoxy) is 1. The minimum absolute atomic E-state index is 0.254. The molecule has 0 radical (unpaired) electrons. The molecule has 0 saturated carbocycles. The van der Waals surface area contributed by atoms with Gasteiger partial charge in [0.05, 0.1) is 25.0 Å². The largest absolute Gasteiger partial charge is 0.442 e. The van der Waals surface area contributed by atoms with Crippen LogP contribution in [0.1, 0.15) is 12.8 Å². The van der Waals surface area contributed by atoms with Crippen LogP contribution in [0, 0.1) is 5.82 Å². The fraction of sp³-hybridized carbons (Fsp3) is 0.438. The zero-order valence-corrected chi connectivity index (χ0v) is 13.1. The Morgan fingerprint density at radius 2 is 2.12 bits per heavy atom. The number of hydrogen-bond acceptors (Lipinski definition) is 5. The summed E-state index contributed by atoms with van der Waals surface area (Å²) in [7, 11) is 0. The molecule has 0 spiro atoms. The van der Waals surface area contributed by atoms with Crippen LogP contribution in [0.15, 0.2) is 30.6 Å². The quantitative estimate of drug-likeness (QED) is 0.858. The van der Waals surface area contributed by atoms with Crippen LogP contribution in [0.5, 0.6) is 0 Å². The first-order chi connectivity index (χ1) is 11.7. The van der Waals surface area contributed by atoms with E-state index in [9.17, 15) is 9.18 Å². The molecule has 0 unspecified atom stereocenters. The third-order valence-corrected chi connectivity index (χ3v) is 4.43. The molecule has 1 aromatic carbocycles. The molecule has 2 saturated heterocycles. The predicted octanol–water partition coefficient (Wildman–Crippen LogP) is 2.04. The van der Waals surface area contributed by atoms with Crippen LogP contribution in [0.25, 0.3) is 0 Å². The molecule has 4 rings (SSSR count). The summed E-state index contributed by atoms with van der Waals surface area (Å²) in [5, 5.41) is 7.57. The van der Waals surface area contributed by atoms with Gasteiger partial charge in [0.25, 0.3) is 0 Å². The lowest BCUT2D eigenvalue weighted by Crippen LogP contribution is -2.27. The highest BCUT2D eigenvalue weighted by Crippen LogP contribution is 2.29. The second-order valence-corrected chi connectivity index (χ2v) is 6.07. The molecule has 2 aromatic rings. The molecule has 0 N–H and O–H groups in total. The summed E-state index contributed by atoms with van der Waals surface area (Å²) < 4.78 is 21.4. The van der Waals surface area contributed by atoms with Gasteiger partial charge in [0.15, 0.2) is 0 Å². The van der Waals surface area contributed by atoms with Crippen LogP contribution in [0.2, 0.25) is 0 Å². The average Bonchev–Trinajstić information content (AvgIpc) is 3.30. The van der Waals surface area contributed by atoms with E-state index in [0.29, 0.717) is 13.1 Å². The highest BCUT2D eigenvalue weighted by Gasteiger charge is 2.34. The van der Waals surface area contributed by atoms with Crippen LogP contribution in [0.4, 0.5) is 20.6 Å². The molecule has 7 nitrogen and oxygen atoms in total. The molecule has 24 heavy (non-hydrogen) atoms. The van der Waals surface area contributed by atoms with Gasteiger partial charge in [0.1, 0.15) is 11.9 Å². The maximum atomic E-state index is 14.5. The van der Waals surface area contributed by atoms with E-state index >= 15 is 0 Å². The van der Waals surface area contributed by atoms with Crippen molar-refractivity contribution in [2.75, 3.05) is 29.4 Å². The number of hydrogen-bond donors (Lipinski definition) is 0. The van der Waals surface area contributed by atoms with Crippen molar-refractivity contribution < 1.29 is 13.9 Å². The minimum atomic E-state index is -0.534. The highest BCUT2D eigenvalue weighted by molar-refractivity contribution is 5.90. The summed E-state index contributed by atoms with van der Waals surface area (Å²) in [6, 6.07) is 5.02. The summed E-state index contributed by atoms with van der Waals surface area (Å²) in [4.78, 5) is 15.6. The average molecular weight is 331 g/mol. The van der Waals surface area contributed by atoms with Gasteiger partial charge in [-0.3, -0.25) is 4.90 Å². The number of carbonyl (C=O) groups is 1. The molecule has 8 heteroatoms. The van der Waals surface area contributed by atoms with Crippen molar-refractivity contribution in [3.63, 3.8) is 0 Å². The smallest absolute Gasteiger partial charge is 0.414 e. The lowest BCUT2D eigenvalue weighted by molar-refractivity contribution is 0.129. The molecule has 2 aliphatic rings. The van der Waals surface area contributed by atoms with Gasteiger partial charge >= 0.3 is 6.09 Å². The van der Waals surface area contributed by atoms with Gasteiger partial charge in [-0.1, -0.05) is 5.21 Å². The molecule has 2 aliphatic heterocycles. The van der Waals surface area contributed by atoms with Crippen molar-refractivity contribution in [2.45, 2.75) is 25.5 Å². The van der Waals surface area contributed by atoms with Gasteiger partial charge in [0, 0.05) is 25.0 Å². The van der Waals surface area contributed by atoms with Gasteiger partial charge in [-0.25, -0.2) is 13.9 Å². The van der Waals surface area contributed by atoms with Crippen LogP contribution < -0.4 is 9.80 Å². The Balaban J connectivity index is 1.49. The summed E-state index contributed by atoms with van der Waals surface area (Å²) >= 11 is 0. The Morgan fingerprint density at radius 1 is 1.29 bits per heavy atom. The number of halogens is 1. The van der Waals surface area contributed by atoms with E-state index in [4.69, 9.17) is 4.74 Å². The molecule has 0 aliphatic carbocycles. The van der Waals surface area contributed by atoms with Crippen molar-refractivity contribution in [1.29, 1.82) is 0 Å². The second-order valence-electron chi connectivity index (χ2n) is 6.07. The number of aromatic nitrogens is 3. The molecule has 3 heterocycles. The van der Waals surface area contributed by atoms with Crippen molar-refractivity contribution in [3.05, 3.63) is 36.4 Å². The minimum Gasteiger partial charge on any atom is -0.442 e. The van der Waals surface area contributed by atoms with E-state index in [1.165, 1.54) is 11.0 Å². The summed E-state index contributed by atoms with van der Waals surface area (Å²) in [5.74, 6) is -0.405. The number of carbonyl (C=O) groups excluding carboxylic acids is 1. The molecule has 126 valence electrons. The van der Waals surface area contributed by atoms with Gasteiger partial charge in [-0.2, -0.15) is 0 Å². The maximum Gasteiger partial charge on any atom is 0.414 e. The monoisotopic (exact) mass is 331 g/mol. The summed E-state index contributed by atoms with van der Waals surface area (Å²) in [5.41, 5.74) is 1.12. The molecule has 1 atom stereocenters. The number of cyclic esters (lactones) is 1. The van der Waals surface area contributed by atoms with Gasteiger partial charge in [-0.05, 0) is 31.0 Å². The normalized spacial score (nSPS) is 20.7. The standard InChI is InChI=1S/C16H18FN5O2/c17-14-9-12(20-6-1-2-7-20)3-4-15(14)22-11-13(24-16(22)23)10-21-8-5-18-19-21/h3-5,8-9,13H,1-2,6-7,10-11H2/t13-/m0/s1. The zero-order valence-electron chi connectivity index (χ0n) is 13.1. The zero-order chi connectivity index (χ0) is 16.5. The van der Waals surface area contributed by atoms with Crippen LogP contribution >= 0.6 is 0 Å². The molecule has 1 amide bonds. The maximum absolute atomic E-state index is 14.5. The number of nitrogens with zero attached hydrogens (tertiary/aromatic N) is 5. The topological polar surface area (TPSA) is 63.5 Å². The van der Waals surface area contributed by atoms with Gasteiger partial charge < -0.3 is 9.64 Å². The predicted molar refractivity (Wildman–Crippen MR) is 85.5 cm³/mol. The fourth-order valence-corrected chi connectivity index (χ4v) is 3.24. The van der Waals surface area contributed by atoms with Crippen molar-refractivity contribution in [2.24, 2.45) is 0 Å². The van der Waals surface area contributed by atoms with Crippen molar-refractivity contribution in [1.82, 2.24) is 15.0 Å². The molecule has 0 bridgehead atoms. The van der Waals surface area contributed by atoms with Gasteiger partial charge in [0.2, 0.25) is 0 Å². The summed E-state index contributed by atoms with van der Waals surface area (Å²) in [6.07, 6.45) is 4.61. The number of amides is 1. The van der Waals surface area contributed by atoms with E-state index in [0.717, 1.165) is 31.6 Å². The Bertz CT molecular complexity index is 730. The number of rotatable bonds is 4. The van der Waals surface area contributed by atoms with E-state index in [1.54, 1.807) is 23.1 Å². The lowest BCUT2D eigenvalue weighted by atomic mass is 10.2. The number of anilines is 2. The third kappa shape index (κ3) is 2.79. The van der Waals surface area contributed by atoms with E-state index < -0.39 is 11.9 Å². The Labute approximate surface area is 138 Å². The Kier molecular flexibility index (Phi) is 3.79. The molecule has 2 fully saturated rings. The molecular formula is C16H18FN5O2. The van der Waals surface area contributed by atoms with E-state index in [2.05, 4.69) is 15.2 Å². The first-order valence-electron chi connectivity index (χ1n) is 8.07. The fourth-order valence-electron chi connectivity index (χ4n) is 3.24. The first kappa shape index (κ1) is 14.9. The molecule has 1 aromatic heterocycles. The second kappa shape index (κ2) is 6.10. The van der Waals surface area contributed by atoms with Crippen molar-refractivity contribution in [3.8, 4) is 0 Å².